The SMILES string of the molecule is Cn1c(Cl)c2c(c1C(=O)Nc1ccc(F)c(Cl)c1)CCC2OC(N)=O. The van der Waals surface area contributed by atoms with Crippen LogP contribution >= 0.6 is 23.2 Å². The van der Waals surface area contributed by atoms with Gasteiger partial charge in [0, 0.05) is 18.3 Å². The first-order valence-corrected chi connectivity index (χ1v) is 8.14. The molecule has 25 heavy (non-hydrogen) atoms. The van der Waals surface area contributed by atoms with Gasteiger partial charge in [-0.05, 0) is 36.6 Å². The summed E-state index contributed by atoms with van der Waals surface area (Å²) in [5, 5.41) is 2.88. The highest BCUT2D eigenvalue weighted by atomic mass is 35.5. The highest BCUT2D eigenvalue weighted by molar-refractivity contribution is 6.31. The van der Waals surface area contributed by atoms with E-state index in [0.717, 1.165) is 6.07 Å². The number of amides is 2. The number of fused-ring (bicyclic) bond motifs is 1. The Labute approximate surface area is 152 Å². The molecular weight excluding hydrogens is 372 g/mol. The van der Waals surface area contributed by atoms with Crippen LogP contribution < -0.4 is 11.1 Å². The molecule has 0 saturated heterocycles. The zero-order valence-electron chi connectivity index (χ0n) is 13.1. The highest BCUT2D eigenvalue weighted by Gasteiger charge is 2.35. The molecule has 0 fully saturated rings. The van der Waals surface area contributed by atoms with Gasteiger partial charge < -0.3 is 20.4 Å². The lowest BCUT2D eigenvalue weighted by Gasteiger charge is -2.11. The molecule has 2 aromatic rings. The van der Waals surface area contributed by atoms with E-state index in [-0.39, 0.29) is 5.02 Å². The van der Waals surface area contributed by atoms with E-state index in [1.165, 1.54) is 16.7 Å². The van der Waals surface area contributed by atoms with Gasteiger partial charge in [-0.25, -0.2) is 9.18 Å². The fraction of sp³-hybridized carbons (Fsp3) is 0.250. The molecule has 1 aliphatic rings. The van der Waals surface area contributed by atoms with E-state index in [2.05, 4.69) is 5.32 Å². The summed E-state index contributed by atoms with van der Waals surface area (Å²) >= 11 is 12.0. The molecule has 3 N–H and O–H groups in total. The summed E-state index contributed by atoms with van der Waals surface area (Å²) in [6.45, 7) is 0. The van der Waals surface area contributed by atoms with E-state index < -0.39 is 23.9 Å². The summed E-state index contributed by atoms with van der Waals surface area (Å²) in [6.07, 6.45) is -0.463. The molecule has 0 radical (unpaired) electrons. The van der Waals surface area contributed by atoms with Gasteiger partial charge in [-0.2, -0.15) is 0 Å². The van der Waals surface area contributed by atoms with Gasteiger partial charge in [0.15, 0.2) is 0 Å². The Balaban J connectivity index is 1.93. The van der Waals surface area contributed by atoms with Crippen molar-refractivity contribution in [2.24, 2.45) is 12.8 Å². The molecule has 0 saturated carbocycles. The monoisotopic (exact) mass is 385 g/mol. The summed E-state index contributed by atoms with van der Waals surface area (Å²) < 4.78 is 19.8. The summed E-state index contributed by atoms with van der Waals surface area (Å²) in [5.74, 6) is -0.998. The molecule has 0 spiro atoms. The van der Waals surface area contributed by atoms with E-state index in [9.17, 15) is 14.0 Å². The number of halogens is 3. The summed E-state index contributed by atoms with van der Waals surface area (Å²) in [7, 11) is 1.63. The Morgan fingerprint density at radius 1 is 1.40 bits per heavy atom. The number of nitrogens with zero attached hydrogens (tertiary/aromatic N) is 1. The van der Waals surface area contributed by atoms with Crippen molar-refractivity contribution in [2.45, 2.75) is 18.9 Å². The Bertz CT molecular complexity index is 882. The maximum atomic E-state index is 13.2. The molecular formula is C16H14Cl2FN3O3. The highest BCUT2D eigenvalue weighted by Crippen LogP contribution is 2.42. The van der Waals surface area contributed by atoms with Crippen molar-refractivity contribution >= 4 is 40.9 Å². The third-order valence-corrected chi connectivity index (χ3v) is 4.84. The second-order valence-electron chi connectivity index (χ2n) is 5.64. The Morgan fingerprint density at radius 3 is 2.76 bits per heavy atom. The number of ether oxygens (including phenoxy) is 1. The number of benzene rings is 1. The number of nitrogens with one attached hydrogen (secondary N) is 1. The van der Waals surface area contributed by atoms with E-state index in [4.69, 9.17) is 33.7 Å². The minimum Gasteiger partial charge on any atom is -0.441 e. The third-order valence-electron chi connectivity index (χ3n) is 4.09. The summed E-state index contributed by atoms with van der Waals surface area (Å²) in [6, 6.07) is 3.89. The van der Waals surface area contributed by atoms with E-state index in [0.29, 0.717) is 40.5 Å². The number of hydrogen-bond donors (Lipinski definition) is 2. The average molecular weight is 386 g/mol. The van der Waals surface area contributed by atoms with Gasteiger partial charge in [0.2, 0.25) is 0 Å². The molecule has 6 nitrogen and oxygen atoms in total. The minimum atomic E-state index is -0.898. The van der Waals surface area contributed by atoms with Crippen molar-refractivity contribution in [1.29, 1.82) is 0 Å². The predicted molar refractivity (Wildman–Crippen MR) is 91.5 cm³/mol. The van der Waals surface area contributed by atoms with Crippen LogP contribution in [-0.4, -0.2) is 16.6 Å². The van der Waals surface area contributed by atoms with E-state index in [1.807, 2.05) is 0 Å². The molecule has 1 aromatic carbocycles. The topological polar surface area (TPSA) is 86.3 Å². The number of hydrogen-bond acceptors (Lipinski definition) is 3. The normalized spacial score (nSPS) is 15.8. The first-order valence-electron chi connectivity index (χ1n) is 7.39. The Kier molecular flexibility index (Phi) is 4.62. The average Bonchev–Trinajstić information content (AvgIpc) is 3.03. The van der Waals surface area contributed by atoms with Crippen LogP contribution in [-0.2, 0) is 18.2 Å². The van der Waals surface area contributed by atoms with Crippen LogP contribution in [0.15, 0.2) is 18.2 Å². The number of primary amides is 1. The fourth-order valence-corrected chi connectivity index (χ4v) is 3.55. The van der Waals surface area contributed by atoms with Crippen LogP contribution in [0, 0.1) is 5.82 Å². The molecule has 0 aliphatic heterocycles. The summed E-state index contributed by atoms with van der Waals surface area (Å²) in [5.41, 5.74) is 7.06. The number of anilines is 1. The molecule has 1 atom stereocenters. The van der Waals surface area contributed by atoms with Crippen molar-refractivity contribution in [3.63, 3.8) is 0 Å². The van der Waals surface area contributed by atoms with Crippen LogP contribution in [0.5, 0.6) is 0 Å². The van der Waals surface area contributed by atoms with Gasteiger partial charge in [0.1, 0.15) is 22.8 Å². The van der Waals surface area contributed by atoms with Crippen molar-refractivity contribution in [3.8, 4) is 0 Å². The lowest BCUT2D eigenvalue weighted by molar-refractivity contribution is 0.101. The molecule has 1 aromatic heterocycles. The zero-order chi connectivity index (χ0) is 18.3. The molecule has 9 heteroatoms. The van der Waals surface area contributed by atoms with Gasteiger partial charge in [-0.3, -0.25) is 4.79 Å². The van der Waals surface area contributed by atoms with Gasteiger partial charge in [0.05, 0.1) is 5.02 Å². The molecule has 1 aliphatic carbocycles. The second-order valence-corrected chi connectivity index (χ2v) is 6.40. The van der Waals surface area contributed by atoms with Gasteiger partial charge in [-0.1, -0.05) is 23.2 Å². The molecule has 0 bridgehead atoms. The van der Waals surface area contributed by atoms with E-state index >= 15 is 0 Å². The number of carbonyl (C=O) groups excluding carboxylic acids is 2. The van der Waals surface area contributed by atoms with Crippen LogP contribution in [0.4, 0.5) is 14.9 Å². The smallest absolute Gasteiger partial charge is 0.405 e. The largest absolute Gasteiger partial charge is 0.441 e. The quantitative estimate of drug-likeness (QED) is 0.841. The lowest BCUT2D eigenvalue weighted by atomic mass is 10.1. The van der Waals surface area contributed by atoms with Crippen molar-refractivity contribution in [2.75, 3.05) is 5.32 Å². The number of rotatable bonds is 3. The van der Waals surface area contributed by atoms with Gasteiger partial charge >= 0.3 is 6.09 Å². The van der Waals surface area contributed by atoms with Gasteiger partial charge in [0.25, 0.3) is 5.91 Å². The lowest BCUT2D eigenvalue weighted by Crippen LogP contribution is -2.17. The van der Waals surface area contributed by atoms with Crippen LogP contribution in [0.25, 0.3) is 0 Å². The predicted octanol–water partition coefficient (Wildman–Crippen LogP) is 3.81. The van der Waals surface area contributed by atoms with Crippen LogP contribution in [0.3, 0.4) is 0 Å². The third kappa shape index (κ3) is 3.17. The van der Waals surface area contributed by atoms with Crippen LogP contribution in [0.2, 0.25) is 10.2 Å². The number of nitrogens with two attached hydrogens (primary N) is 1. The first kappa shape index (κ1) is 17.6. The molecule has 2 amide bonds. The van der Waals surface area contributed by atoms with Crippen molar-refractivity contribution in [3.05, 3.63) is 51.0 Å². The fourth-order valence-electron chi connectivity index (χ4n) is 3.04. The Morgan fingerprint density at radius 2 is 2.12 bits per heavy atom. The summed E-state index contributed by atoms with van der Waals surface area (Å²) in [4.78, 5) is 23.7. The van der Waals surface area contributed by atoms with Crippen molar-refractivity contribution < 1.29 is 18.7 Å². The number of aromatic nitrogens is 1. The molecule has 132 valence electrons. The number of carbonyl (C=O) groups is 2. The Hall–Kier alpha value is -2.25. The maximum Gasteiger partial charge on any atom is 0.405 e. The molecule has 1 heterocycles. The van der Waals surface area contributed by atoms with Crippen molar-refractivity contribution in [1.82, 2.24) is 4.57 Å². The molecule has 3 rings (SSSR count). The molecule has 1 unspecified atom stereocenters. The second kappa shape index (κ2) is 6.57. The minimum absolute atomic E-state index is 0.0946. The van der Waals surface area contributed by atoms with E-state index in [1.54, 1.807) is 7.05 Å². The van der Waals surface area contributed by atoms with Crippen LogP contribution in [0.1, 0.15) is 34.1 Å². The van der Waals surface area contributed by atoms with Gasteiger partial charge in [-0.15, -0.1) is 0 Å². The standard InChI is InChI=1S/C16H14Cl2FN3O3/c1-22-13(15(23)21-7-2-4-10(19)9(17)6-7)8-3-5-11(25-16(20)24)12(8)14(22)18/h2,4,6,11H,3,5H2,1H3,(H2,20,24)(H,21,23). The maximum absolute atomic E-state index is 13.2. The first-order chi connectivity index (χ1) is 11.8. The zero-order valence-corrected chi connectivity index (χ0v) is 14.6.